The summed E-state index contributed by atoms with van der Waals surface area (Å²) in [4.78, 5) is 28.7. The predicted octanol–water partition coefficient (Wildman–Crippen LogP) is -0.104. The molecule has 138 valence electrons. The highest BCUT2D eigenvalue weighted by Crippen LogP contribution is 2.40. The number of ether oxygens (including phenoxy) is 1. The molecule has 0 unspecified atom stereocenters. The third-order valence-electron chi connectivity index (χ3n) is 4.20. The van der Waals surface area contributed by atoms with Gasteiger partial charge in [0.1, 0.15) is 17.7 Å². The summed E-state index contributed by atoms with van der Waals surface area (Å²) in [6.45, 7) is 0.404. The van der Waals surface area contributed by atoms with Crippen LogP contribution in [0.4, 0.5) is 4.39 Å². The number of nitrogens with zero attached hydrogens (tertiary/aromatic N) is 2. The van der Waals surface area contributed by atoms with Gasteiger partial charge in [0.05, 0.1) is 6.61 Å². The van der Waals surface area contributed by atoms with Crippen molar-refractivity contribution >= 4 is 5.91 Å². The Kier molecular flexibility index (Phi) is 4.49. The first kappa shape index (κ1) is 16.8. The SMILES string of the molecule is [2H]n1c(=NC(=O)c2ccccc2)ccn([C@@H]2O[C@H](CO)[C@@H](O)[C@@]2(C)F)c1=O. The van der Waals surface area contributed by atoms with Crippen LogP contribution in [0.5, 0.6) is 0 Å². The second-order valence-corrected chi connectivity index (χ2v) is 6.06. The van der Waals surface area contributed by atoms with E-state index in [4.69, 9.17) is 6.15 Å². The van der Waals surface area contributed by atoms with Crippen molar-refractivity contribution in [2.24, 2.45) is 4.99 Å². The number of hydrogen-bond donors (Lipinski definition) is 3. The monoisotopic (exact) mass is 364 g/mol. The molecule has 9 heteroatoms. The van der Waals surface area contributed by atoms with Crippen molar-refractivity contribution in [2.45, 2.75) is 31.0 Å². The molecule has 0 spiro atoms. The molecule has 0 bridgehead atoms. The summed E-state index contributed by atoms with van der Waals surface area (Å²) in [5, 5.41) is 19.1. The maximum atomic E-state index is 14.8. The largest absolute Gasteiger partial charge is 0.394 e. The van der Waals surface area contributed by atoms with Crippen molar-refractivity contribution in [3.63, 3.8) is 0 Å². The Labute approximate surface area is 148 Å². The van der Waals surface area contributed by atoms with Crippen LogP contribution in [0, 0.1) is 0 Å². The lowest BCUT2D eigenvalue weighted by atomic mass is 9.98. The third kappa shape index (κ3) is 3.24. The number of benzene rings is 1. The Morgan fingerprint density at radius 1 is 1.46 bits per heavy atom. The van der Waals surface area contributed by atoms with E-state index >= 15 is 0 Å². The highest BCUT2D eigenvalue weighted by atomic mass is 19.1. The van der Waals surface area contributed by atoms with Gasteiger partial charge < -0.3 is 14.9 Å². The van der Waals surface area contributed by atoms with Gasteiger partial charge >= 0.3 is 5.69 Å². The number of aromatic amines is 1. The fourth-order valence-electron chi connectivity index (χ4n) is 2.76. The van der Waals surface area contributed by atoms with Gasteiger partial charge in [-0.25, -0.2) is 9.18 Å². The summed E-state index contributed by atoms with van der Waals surface area (Å²) in [7, 11) is 0. The summed E-state index contributed by atoms with van der Waals surface area (Å²) >= 11 is 0. The van der Waals surface area contributed by atoms with Crippen LogP contribution in [-0.4, -0.2) is 50.1 Å². The minimum Gasteiger partial charge on any atom is -0.394 e. The maximum absolute atomic E-state index is 14.8. The van der Waals surface area contributed by atoms with Gasteiger partial charge in [-0.3, -0.25) is 14.3 Å². The molecule has 3 rings (SSSR count). The molecule has 0 saturated carbocycles. The normalized spacial score (nSPS) is 29.6. The Bertz CT molecular complexity index is 973. The zero-order valence-electron chi connectivity index (χ0n) is 14.8. The fourth-order valence-corrected chi connectivity index (χ4v) is 2.76. The lowest BCUT2D eigenvalue weighted by Crippen LogP contribution is -2.43. The molecular weight excluding hydrogens is 345 g/mol. The van der Waals surface area contributed by atoms with Crippen LogP contribution in [0.15, 0.2) is 52.4 Å². The molecule has 2 aromatic rings. The highest BCUT2D eigenvalue weighted by Gasteiger charge is 2.54. The molecule has 1 aliphatic rings. The van der Waals surface area contributed by atoms with Gasteiger partial charge in [0, 0.05) is 11.8 Å². The van der Waals surface area contributed by atoms with Gasteiger partial charge in [0.25, 0.3) is 5.91 Å². The van der Waals surface area contributed by atoms with E-state index in [2.05, 4.69) is 4.99 Å². The molecule has 2 heterocycles. The first-order valence-corrected chi connectivity index (χ1v) is 7.88. The van der Waals surface area contributed by atoms with Gasteiger partial charge in [-0.05, 0) is 25.1 Å². The van der Waals surface area contributed by atoms with Crippen molar-refractivity contribution in [1.82, 2.24) is 9.54 Å². The van der Waals surface area contributed by atoms with Crippen molar-refractivity contribution < 1.29 is 25.5 Å². The number of nitrogens with one attached hydrogen (secondary N) is 1. The van der Waals surface area contributed by atoms with Crippen LogP contribution >= 0.6 is 0 Å². The summed E-state index contributed by atoms with van der Waals surface area (Å²) < 4.78 is 28.7. The van der Waals surface area contributed by atoms with Crippen molar-refractivity contribution in [1.29, 1.82) is 0 Å². The highest BCUT2D eigenvalue weighted by molar-refractivity contribution is 5.94. The number of hydrogen-bond acceptors (Lipinski definition) is 5. The average molecular weight is 364 g/mol. The van der Waals surface area contributed by atoms with Gasteiger partial charge in [0.15, 0.2) is 13.3 Å². The van der Waals surface area contributed by atoms with E-state index in [1.54, 1.807) is 30.3 Å². The number of aromatic nitrogens is 2. The number of rotatable bonds is 3. The molecule has 1 amide bonds. The van der Waals surface area contributed by atoms with Crippen LogP contribution in [-0.2, 0) is 4.74 Å². The smallest absolute Gasteiger partial charge is 0.329 e. The minimum atomic E-state index is -2.37. The van der Waals surface area contributed by atoms with Crippen LogP contribution in [0.3, 0.4) is 0 Å². The molecular formula is C17H18FN3O5. The Balaban J connectivity index is 2.01. The molecule has 1 saturated heterocycles. The maximum Gasteiger partial charge on any atom is 0.329 e. The molecule has 1 aliphatic heterocycles. The minimum absolute atomic E-state index is 0.247. The molecule has 26 heavy (non-hydrogen) atoms. The standard InChI is InChI=1S/C17H18FN3O5/c1-17(18)13(23)11(9-22)26-15(17)21-8-7-12(20-16(21)25)19-14(24)10-5-3-2-4-6-10/h2-8,11,13,15,22-23H,9H2,1H3,(H,19,20,24,25)/t11-,13-,15-,17-/m1/s1/i/hD. The summed E-state index contributed by atoms with van der Waals surface area (Å²) in [6, 6.07) is 9.30. The molecule has 0 radical (unpaired) electrons. The van der Waals surface area contributed by atoms with E-state index < -0.39 is 42.3 Å². The van der Waals surface area contributed by atoms with Crippen molar-refractivity contribution in [2.75, 3.05) is 6.61 Å². The number of amides is 1. The van der Waals surface area contributed by atoms with E-state index in [0.717, 1.165) is 17.7 Å². The molecule has 8 nitrogen and oxygen atoms in total. The zero-order chi connectivity index (χ0) is 19.8. The van der Waals surface area contributed by atoms with Gasteiger partial charge in [-0.1, -0.05) is 18.2 Å². The summed E-state index contributed by atoms with van der Waals surface area (Å²) in [5.41, 5.74) is -3.35. The molecule has 0 aliphatic carbocycles. The lowest BCUT2D eigenvalue weighted by Gasteiger charge is -2.24. The zero-order valence-corrected chi connectivity index (χ0v) is 13.8. The number of aliphatic hydroxyl groups excluding tert-OH is 2. The number of halogens is 1. The van der Waals surface area contributed by atoms with E-state index in [1.807, 2.05) is 0 Å². The Hall–Kier alpha value is -2.62. The summed E-state index contributed by atoms with van der Waals surface area (Å²) in [5.74, 6) is -0.642. The number of carbonyl (C=O) groups excluding carboxylic acids is 1. The van der Waals surface area contributed by atoms with E-state index in [9.17, 15) is 24.2 Å². The van der Waals surface area contributed by atoms with Crippen molar-refractivity contribution in [3.05, 3.63) is 64.1 Å². The molecule has 1 aromatic carbocycles. The molecule has 1 fully saturated rings. The van der Waals surface area contributed by atoms with E-state index in [1.165, 1.54) is 6.07 Å². The number of carbonyl (C=O) groups is 1. The van der Waals surface area contributed by atoms with Crippen LogP contribution in [0.1, 0.15) is 23.5 Å². The summed E-state index contributed by atoms with van der Waals surface area (Å²) in [6.07, 6.45) is -3.28. The Morgan fingerprint density at radius 2 is 2.15 bits per heavy atom. The number of alkyl halides is 1. The van der Waals surface area contributed by atoms with Gasteiger partial charge in [0.2, 0.25) is 0 Å². The molecule has 4 atom stereocenters. The van der Waals surface area contributed by atoms with Crippen molar-refractivity contribution in [3.8, 4) is 0 Å². The van der Waals surface area contributed by atoms with E-state index in [-0.39, 0.29) is 11.1 Å². The second-order valence-electron chi connectivity index (χ2n) is 6.06. The van der Waals surface area contributed by atoms with Crippen LogP contribution in [0.25, 0.3) is 0 Å². The number of aliphatic hydroxyl groups is 2. The Morgan fingerprint density at radius 3 is 2.77 bits per heavy atom. The first-order chi connectivity index (χ1) is 12.8. The van der Waals surface area contributed by atoms with Crippen LogP contribution < -0.4 is 11.2 Å². The molecule has 3 N–H and O–H groups in total. The van der Waals surface area contributed by atoms with Crippen LogP contribution in [0.2, 0.25) is 1.41 Å². The lowest BCUT2D eigenvalue weighted by molar-refractivity contribution is -0.0611. The topological polar surface area (TPSA) is 117 Å². The third-order valence-corrected chi connectivity index (χ3v) is 4.20. The van der Waals surface area contributed by atoms with E-state index in [0.29, 0.717) is 4.98 Å². The first-order valence-electron chi connectivity index (χ1n) is 8.33. The predicted molar refractivity (Wildman–Crippen MR) is 87.9 cm³/mol. The van der Waals surface area contributed by atoms with Gasteiger partial charge in [-0.2, -0.15) is 4.99 Å². The second kappa shape index (κ2) is 6.94. The fraction of sp³-hybridized carbons (Fsp3) is 0.353. The average Bonchev–Trinajstić information content (AvgIpc) is 2.89. The molecule has 1 aromatic heterocycles. The number of H-pyrrole nitrogens is 1. The van der Waals surface area contributed by atoms with Gasteiger partial charge in [-0.15, -0.1) is 0 Å². The quantitative estimate of drug-likeness (QED) is 0.703.